The molecule has 0 aromatic rings. The topological polar surface area (TPSA) is 85.2 Å². The molecule has 1 aliphatic heterocycles. The lowest BCUT2D eigenvalue weighted by molar-refractivity contribution is -0.151. The molecule has 4 atom stereocenters. The van der Waals surface area contributed by atoms with Crippen LogP contribution < -0.4 is 0 Å². The monoisotopic (exact) mass is 234 g/mol. The van der Waals surface area contributed by atoms with Crippen LogP contribution >= 0.6 is 0 Å². The molecule has 2 N–H and O–H groups in total. The summed E-state index contributed by atoms with van der Waals surface area (Å²) >= 11 is 0. The first kappa shape index (κ1) is 13.4. The molecule has 1 rings (SSSR count). The van der Waals surface area contributed by atoms with E-state index in [1.165, 1.54) is 14.2 Å². The van der Waals surface area contributed by atoms with Gasteiger partial charge in [-0.05, 0) is 0 Å². The van der Waals surface area contributed by atoms with E-state index in [9.17, 15) is 9.90 Å². The fraction of sp³-hybridized carbons (Fsp3) is 0.900. The summed E-state index contributed by atoms with van der Waals surface area (Å²) in [4.78, 5) is 11.2. The summed E-state index contributed by atoms with van der Waals surface area (Å²) < 4.78 is 15.0. The summed E-state index contributed by atoms with van der Waals surface area (Å²) in [6, 6.07) is 0. The van der Waals surface area contributed by atoms with Crippen LogP contribution in [0.5, 0.6) is 0 Å². The third-order valence-electron chi connectivity index (χ3n) is 2.75. The fourth-order valence-corrected chi connectivity index (χ4v) is 1.88. The molecule has 0 unspecified atom stereocenters. The number of carbonyl (C=O) groups excluding carboxylic acids is 1. The maximum atomic E-state index is 11.2. The largest absolute Gasteiger partial charge is 0.469 e. The van der Waals surface area contributed by atoms with Gasteiger partial charge in [0.1, 0.15) is 6.10 Å². The molecule has 0 saturated carbocycles. The molecule has 0 radical (unpaired) electrons. The molecule has 16 heavy (non-hydrogen) atoms. The lowest BCUT2D eigenvalue weighted by atomic mass is 9.94. The average Bonchev–Trinajstić information content (AvgIpc) is 2.71. The minimum absolute atomic E-state index is 0.151. The van der Waals surface area contributed by atoms with Gasteiger partial charge in [-0.1, -0.05) is 0 Å². The van der Waals surface area contributed by atoms with Gasteiger partial charge in [-0.3, -0.25) is 4.79 Å². The standard InChI is InChI=1S/C10H18O6/c1-14-8(13)3-6-4-9(15-2)16-10(6)7(12)5-11/h6-7,9-12H,3-5H2,1-2H3/t6-,7+,9-,10-/m0/s1. The van der Waals surface area contributed by atoms with E-state index in [0.29, 0.717) is 6.42 Å². The second-order valence-corrected chi connectivity index (χ2v) is 3.79. The highest BCUT2D eigenvalue weighted by atomic mass is 16.7. The van der Waals surface area contributed by atoms with Crippen LogP contribution in [0.15, 0.2) is 0 Å². The summed E-state index contributed by atoms with van der Waals surface area (Å²) in [6.07, 6.45) is -1.38. The summed E-state index contributed by atoms with van der Waals surface area (Å²) in [5, 5.41) is 18.4. The minimum atomic E-state index is -1.00. The van der Waals surface area contributed by atoms with E-state index in [1.807, 2.05) is 0 Å². The number of carbonyl (C=O) groups is 1. The van der Waals surface area contributed by atoms with Gasteiger partial charge < -0.3 is 24.4 Å². The number of rotatable bonds is 5. The SMILES string of the molecule is COC(=O)C[C@H]1C[C@@H](OC)O[C@@H]1[C@H](O)CO. The van der Waals surface area contributed by atoms with Crippen molar-refractivity contribution >= 4 is 5.97 Å². The van der Waals surface area contributed by atoms with Crippen LogP contribution in [0.4, 0.5) is 0 Å². The Labute approximate surface area is 94.1 Å². The van der Waals surface area contributed by atoms with Gasteiger partial charge >= 0.3 is 5.97 Å². The van der Waals surface area contributed by atoms with Crippen molar-refractivity contribution in [2.75, 3.05) is 20.8 Å². The molecule has 6 heteroatoms. The third-order valence-corrected chi connectivity index (χ3v) is 2.75. The molecular formula is C10H18O6. The first-order valence-electron chi connectivity index (χ1n) is 5.16. The molecule has 0 aliphatic carbocycles. The molecule has 0 aromatic carbocycles. The summed E-state index contributed by atoms with van der Waals surface area (Å²) in [5.41, 5.74) is 0. The molecule has 0 bridgehead atoms. The van der Waals surface area contributed by atoms with Crippen molar-refractivity contribution in [3.05, 3.63) is 0 Å². The van der Waals surface area contributed by atoms with Gasteiger partial charge in [0.05, 0.1) is 26.2 Å². The van der Waals surface area contributed by atoms with E-state index in [2.05, 4.69) is 4.74 Å². The zero-order valence-corrected chi connectivity index (χ0v) is 9.46. The number of aliphatic hydroxyl groups is 2. The smallest absolute Gasteiger partial charge is 0.305 e. The number of esters is 1. The van der Waals surface area contributed by atoms with Crippen LogP contribution in [0, 0.1) is 5.92 Å². The lowest BCUT2D eigenvalue weighted by Crippen LogP contribution is -2.35. The van der Waals surface area contributed by atoms with Crippen LogP contribution in [0.1, 0.15) is 12.8 Å². The van der Waals surface area contributed by atoms with Gasteiger partial charge in [-0.25, -0.2) is 0 Å². The number of hydrogen-bond acceptors (Lipinski definition) is 6. The van der Waals surface area contributed by atoms with Crippen molar-refractivity contribution in [2.45, 2.75) is 31.3 Å². The van der Waals surface area contributed by atoms with E-state index < -0.39 is 25.1 Å². The van der Waals surface area contributed by atoms with E-state index >= 15 is 0 Å². The van der Waals surface area contributed by atoms with Gasteiger partial charge in [0.15, 0.2) is 6.29 Å². The van der Waals surface area contributed by atoms with Crippen LogP contribution in [0.2, 0.25) is 0 Å². The highest BCUT2D eigenvalue weighted by molar-refractivity contribution is 5.69. The van der Waals surface area contributed by atoms with Crippen molar-refractivity contribution in [1.82, 2.24) is 0 Å². The molecule has 94 valence electrons. The molecule has 6 nitrogen and oxygen atoms in total. The predicted molar refractivity (Wildman–Crippen MR) is 53.5 cm³/mol. The van der Waals surface area contributed by atoms with Crippen LogP contribution in [0.25, 0.3) is 0 Å². The zero-order chi connectivity index (χ0) is 12.1. The van der Waals surface area contributed by atoms with Gasteiger partial charge in [-0.2, -0.15) is 0 Å². The second-order valence-electron chi connectivity index (χ2n) is 3.79. The number of methoxy groups -OCH3 is 2. The summed E-state index contributed by atoms with van der Waals surface area (Å²) in [5.74, 6) is -0.556. The lowest BCUT2D eigenvalue weighted by Gasteiger charge is -2.21. The number of aliphatic hydroxyl groups excluding tert-OH is 2. The van der Waals surface area contributed by atoms with Gasteiger partial charge in [0.25, 0.3) is 0 Å². The van der Waals surface area contributed by atoms with E-state index in [4.69, 9.17) is 14.6 Å². The van der Waals surface area contributed by atoms with Crippen molar-refractivity contribution in [1.29, 1.82) is 0 Å². The molecule has 1 aliphatic rings. The Balaban J connectivity index is 2.60. The van der Waals surface area contributed by atoms with Gasteiger partial charge in [-0.15, -0.1) is 0 Å². The van der Waals surface area contributed by atoms with Gasteiger partial charge in [0.2, 0.25) is 0 Å². The summed E-state index contributed by atoms with van der Waals surface area (Å²) in [6.45, 7) is -0.404. The third kappa shape index (κ3) is 3.15. The first-order chi connectivity index (χ1) is 7.62. The van der Waals surface area contributed by atoms with E-state index in [-0.39, 0.29) is 18.3 Å². The normalized spacial score (nSPS) is 31.4. The molecule has 1 fully saturated rings. The van der Waals surface area contributed by atoms with Crippen molar-refractivity contribution in [3.63, 3.8) is 0 Å². The Morgan fingerprint density at radius 3 is 2.75 bits per heavy atom. The number of ether oxygens (including phenoxy) is 3. The Morgan fingerprint density at radius 1 is 1.56 bits per heavy atom. The van der Waals surface area contributed by atoms with Crippen LogP contribution in [-0.4, -0.2) is 55.5 Å². The minimum Gasteiger partial charge on any atom is -0.469 e. The number of hydrogen-bond donors (Lipinski definition) is 2. The molecular weight excluding hydrogens is 216 g/mol. The Hall–Kier alpha value is -0.690. The van der Waals surface area contributed by atoms with Crippen molar-refractivity contribution in [3.8, 4) is 0 Å². The summed E-state index contributed by atoms with van der Waals surface area (Å²) in [7, 11) is 2.80. The molecule has 0 aromatic heterocycles. The quantitative estimate of drug-likeness (QED) is 0.611. The van der Waals surface area contributed by atoms with Crippen LogP contribution in [0.3, 0.4) is 0 Å². The van der Waals surface area contributed by atoms with Gasteiger partial charge in [0, 0.05) is 19.4 Å². The van der Waals surface area contributed by atoms with Crippen molar-refractivity contribution in [2.24, 2.45) is 5.92 Å². The second kappa shape index (κ2) is 6.15. The predicted octanol–water partition coefficient (Wildman–Crippen LogP) is -0.720. The Kier molecular flexibility index (Phi) is 5.14. The Bertz CT molecular complexity index is 231. The first-order valence-corrected chi connectivity index (χ1v) is 5.16. The fourth-order valence-electron chi connectivity index (χ4n) is 1.88. The van der Waals surface area contributed by atoms with E-state index in [0.717, 1.165) is 0 Å². The average molecular weight is 234 g/mol. The van der Waals surface area contributed by atoms with E-state index in [1.54, 1.807) is 0 Å². The Morgan fingerprint density at radius 2 is 2.25 bits per heavy atom. The highest BCUT2D eigenvalue weighted by Gasteiger charge is 2.40. The van der Waals surface area contributed by atoms with Crippen molar-refractivity contribution < 1.29 is 29.2 Å². The maximum Gasteiger partial charge on any atom is 0.305 e. The zero-order valence-electron chi connectivity index (χ0n) is 9.46. The maximum absolute atomic E-state index is 11.2. The molecule has 1 saturated heterocycles. The van der Waals surface area contributed by atoms with Crippen LogP contribution in [-0.2, 0) is 19.0 Å². The molecule has 1 heterocycles. The molecule has 0 spiro atoms. The highest BCUT2D eigenvalue weighted by Crippen LogP contribution is 2.31. The molecule has 0 amide bonds.